The van der Waals surface area contributed by atoms with Crippen LogP contribution < -0.4 is 15.0 Å². The first kappa shape index (κ1) is 15.9. The average Bonchev–Trinajstić information content (AvgIpc) is 3.10. The number of anilines is 1. The summed E-state index contributed by atoms with van der Waals surface area (Å²) < 4.78 is 5.90. The highest BCUT2D eigenvalue weighted by Crippen LogP contribution is 2.28. The van der Waals surface area contributed by atoms with Gasteiger partial charge in [0.1, 0.15) is 17.7 Å². The Hall–Kier alpha value is -2.56. The number of nitrogens with zero attached hydrogens (tertiary/aromatic N) is 2. The number of nitrogens with one attached hydrogen (secondary N) is 1. The van der Waals surface area contributed by atoms with E-state index in [-0.39, 0.29) is 12.0 Å². The van der Waals surface area contributed by atoms with E-state index < -0.39 is 0 Å². The van der Waals surface area contributed by atoms with E-state index in [4.69, 9.17) is 4.74 Å². The summed E-state index contributed by atoms with van der Waals surface area (Å²) >= 11 is 0. The fourth-order valence-electron chi connectivity index (χ4n) is 3.60. The summed E-state index contributed by atoms with van der Waals surface area (Å²) in [5.74, 6) is 1.65. The van der Waals surface area contributed by atoms with Gasteiger partial charge in [-0.1, -0.05) is 18.2 Å². The minimum absolute atomic E-state index is 0.00328. The molecule has 0 bridgehead atoms. The van der Waals surface area contributed by atoms with E-state index in [1.54, 1.807) is 6.20 Å². The van der Waals surface area contributed by atoms with Crippen molar-refractivity contribution in [2.45, 2.75) is 31.8 Å². The first-order valence-electron chi connectivity index (χ1n) is 9.04. The van der Waals surface area contributed by atoms with Gasteiger partial charge in [0, 0.05) is 25.7 Å². The molecule has 1 N–H and O–H groups in total. The van der Waals surface area contributed by atoms with Crippen LogP contribution in [-0.4, -0.2) is 36.6 Å². The summed E-state index contributed by atoms with van der Waals surface area (Å²) in [6.45, 7) is 2.44. The Kier molecular flexibility index (Phi) is 4.55. The molecule has 1 fully saturated rings. The molecule has 1 atom stereocenters. The fourth-order valence-corrected chi connectivity index (χ4v) is 3.60. The molecule has 3 heterocycles. The molecule has 0 saturated carbocycles. The Morgan fingerprint density at radius 3 is 2.84 bits per heavy atom. The molecule has 25 heavy (non-hydrogen) atoms. The van der Waals surface area contributed by atoms with Crippen molar-refractivity contribution in [3.63, 3.8) is 0 Å². The molecule has 2 aliphatic rings. The van der Waals surface area contributed by atoms with E-state index in [1.807, 2.05) is 30.3 Å². The maximum Gasteiger partial charge on any atom is 0.255 e. The van der Waals surface area contributed by atoms with Gasteiger partial charge in [0.2, 0.25) is 0 Å². The van der Waals surface area contributed by atoms with Crippen LogP contribution >= 0.6 is 0 Å². The average molecular weight is 337 g/mol. The molecule has 1 saturated heterocycles. The van der Waals surface area contributed by atoms with Gasteiger partial charge in [0.25, 0.3) is 5.91 Å². The van der Waals surface area contributed by atoms with E-state index >= 15 is 0 Å². The van der Waals surface area contributed by atoms with Crippen LogP contribution in [0.25, 0.3) is 0 Å². The first-order valence-corrected chi connectivity index (χ1v) is 9.04. The zero-order chi connectivity index (χ0) is 17.1. The Morgan fingerprint density at radius 1 is 1.16 bits per heavy atom. The number of amides is 1. The quantitative estimate of drug-likeness (QED) is 0.932. The highest BCUT2D eigenvalue weighted by molar-refractivity contribution is 5.98. The lowest BCUT2D eigenvalue weighted by molar-refractivity contribution is 0.0933. The van der Waals surface area contributed by atoms with Crippen molar-refractivity contribution in [3.05, 3.63) is 53.7 Å². The summed E-state index contributed by atoms with van der Waals surface area (Å²) in [7, 11) is 0. The SMILES string of the molecule is O=C(NCC1Cc2ccccc2O1)c1cccnc1N1CCCCC1. The summed E-state index contributed by atoms with van der Waals surface area (Å²) in [6, 6.07) is 11.7. The number of fused-ring (bicyclic) bond motifs is 1. The number of piperidine rings is 1. The lowest BCUT2D eigenvalue weighted by atomic mass is 10.1. The number of para-hydroxylation sites is 1. The zero-order valence-corrected chi connectivity index (χ0v) is 14.3. The lowest BCUT2D eigenvalue weighted by Crippen LogP contribution is -2.37. The second-order valence-electron chi connectivity index (χ2n) is 6.68. The van der Waals surface area contributed by atoms with Crippen molar-refractivity contribution < 1.29 is 9.53 Å². The maximum absolute atomic E-state index is 12.7. The van der Waals surface area contributed by atoms with E-state index in [0.29, 0.717) is 12.1 Å². The molecule has 2 aromatic rings. The molecule has 2 aliphatic heterocycles. The molecule has 1 unspecified atom stereocenters. The number of hydrogen-bond donors (Lipinski definition) is 1. The van der Waals surface area contributed by atoms with Crippen LogP contribution in [0, 0.1) is 0 Å². The van der Waals surface area contributed by atoms with Gasteiger partial charge < -0.3 is 15.0 Å². The van der Waals surface area contributed by atoms with Gasteiger partial charge in [-0.15, -0.1) is 0 Å². The van der Waals surface area contributed by atoms with Gasteiger partial charge in [0.05, 0.1) is 12.1 Å². The molecule has 0 radical (unpaired) electrons. The van der Waals surface area contributed by atoms with Gasteiger partial charge in [0.15, 0.2) is 0 Å². The third-order valence-corrected chi connectivity index (χ3v) is 4.89. The minimum atomic E-state index is -0.0757. The second-order valence-corrected chi connectivity index (χ2v) is 6.68. The van der Waals surface area contributed by atoms with Crippen molar-refractivity contribution in [1.82, 2.24) is 10.3 Å². The molecular weight excluding hydrogens is 314 g/mol. The van der Waals surface area contributed by atoms with Gasteiger partial charge in [-0.3, -0.25) is 4.79 Å². The van der Waals surface area contributed by atoms with Crippen molar-refractivity contribution in [1.29, 1.82) is 0 Å². The maximum atomic E-state index is 12.7. The number of carbonyl (C=O) groups excluding carboxylic acids is 1. The molecule has 1 aromatic heterocycles. The van der Waals surface area contributed by atoms with Crippen LogP contribution in [0.2, 0.25) is 0 Å². The van der Waals surface area contributed by atoms with Crippen molar-refractivity contribution in [2.24, 2.45) is 0 Å². The molecule has 0 spiro atoms. The molecule has 5 nitrogen and oxygen atoms in total. The van der Waals surface area contributed by atoms with Gasteiger partial charge in [-0.2, -0.15) is 0 Å². The van der Waals surface area contributed by atoms with Crippen molar-refractivity contribution in [3.8, 4) is 5.75 Å². The van der Waals surface area contributed by atoms with E-state index in [2.05, 4.69) is 21.3 Å². The minimum Gasteiger partial charge on any atom is -0.488 e. The Balaban J connectivity index is 1.40. The molecule has 1 amide bonds. The Morgan fingerprint density at radius 2 is 2.00 bits per heavy atom. The fraction of sp³-hybridized carbons (Fsp3) is 0.400. The normalized spacial score (nSPS) is 19.2. The summed E-state index contributed by atoms with van der Waals surface area (Å²) in [5.41, 5.74) is 1.86. The van der Waals surface area contributed by atoms with E-state index in [9.17, 15) is 4.79 Å². The van der Waals surface area contributed by atoms with Crippen molar-refractivity contribution in [2.75, 3.05) is 24.5 Å². The predicted molar refractivity (Wildman–Crippen MR) is 97.2 cm³/mol. The molecule has 130 valence electrons. The van der Waals surface area contributed by atoms with Crippen LogP contribution in [-0.2, 0) is 6.42 Å². The number of aromatic nitrogens is 1. The van der Waals surface area contributed by atoms with Crippen LogP contribution in [0.15, 0.2) is 42.6 Å². The highest BCUT2D eigenvalue weighted by atomic mass is 16.5. The van der Waals surface area contributed by atoms with E-state index in [1.165, 1.54) is 12.0 Å². The third kappa shape index (κ3) is 3.45. The molecule has 5 heteroatoms. The Labute approximate surface area is 148 Å². The molecule has 0 aliphatic carbocycles. The number of rotatable bonds is 4. The first-order chi connectivity index (χ1) is 12.3. The summed E-state index contributed by atoms with van der Waals surface area (Å²) in [4.78, 5) is 19.4. The van der Waals surface area contributed by atoms with Crippen molar-refractivity contribution >= 4 is 11.7 Å². The highest BCUT2D eigenvalue weighted by Gasteiger charge is 2.24. The molecule has 1 aromatic carbocycles. The van der Waals surface area contributed by atoms with Gasteiger partial charge >= 0.3 is 0 Å². The van der Waals surface area contributed by atoms with Crippen LogP contribution in [0.1, 0.15) is 35.2 Å². The van der Waals surface area contributed by atoms with E-state index in [0.717, 1.165) is 43.9 Å². The number of carbonyl (C=O) groups is 1. The molecule has 4 rings (SSSR count). The zero-order valence-electron chi connectivity index (χ0n) is 14.3. The van der Waals surface area contributed by atoms with Crippen LogP contribution in [0.4, 0.5) is 5.82 Å². The smallest absolute Gasteiger partial charge is 0.255 e. The molecular formula is C20H23N3O2. The number of pyridine rings is 1. The van der Waals surface area contributed by atoms with Crippen LogP contribution in [0.5, 0.6) is 5.75 Å². The number of ether oxygens (including phenoxy) is 1. The standard InChI is InChI=1S/C20H23N3O2/c24-20(22-14-16-13-15-7-2-3-9-18(15)25-16)17-8-6-10-21-19(17)23-11-4-1-5-12-23/h2-3,6-10,16H,1,4-5,11-14H2,(H,22,24). The Bertz CT molecular complexity index is 731. The third-order valence-electron chi connectivity index (χ3n) is 4.89. The number of hydrogen-bond acceptors (Lipinski definition) is 4. The second kappa shape index (κ2) is 7.13. The topological polar surface area (TPSA) is 54.5 Å². The van der Waals surface area contributed by atoms with Gasteiger partial charge in [-0.05, 0) is 43.0 Å². The number of benzene rings is 1. The van der Waals surface area contributed by atoms with Crippen LogP contribution in [0.3, 0.4) is 0 Å². The monoisotopic (exact) mass is 337 g/mol. The largest absolute Gasteiger partial charge is 0.488 e. The van der Waals surface area contributed by atoms with Gasteiger partial charge in [-0.25, -0.2) is 4.98 Å². The summed E-state index contributed by atoms with van der Waals surface area (Å²) in [6.07, 6.45) is 6.17. The summed E-state index contributed by atoms with van der Waals surface area (Å²) in [5, 5.41) is 3.02. The predicted octanol–water partition coefficient (Wildman–Crippen LogP) is 2.81. The lowest BCUT2D eigenvalue weighted by Gasteiger charge is -2.29.